The van der Waals surface area contributed by atoms with Crippen molar-refractivity contribution in [2.45, 2.75) is 26.0 Å². The molecule has 84 valence electrons. The molecule has 0 spiro atoms. The summed E-state index contributed by atoms with van der Waals surface area (Å²) in [5, 5.41) is 22.2. The van der Waals surface area contributed by atoms with Gasteiger partial charge in [-0.3, -0.25) is 0 Å². The van der Waals surface area contributed by atoms with Gasteiger partial charge in [0, 0.05) is 17.1 Å². The van der Waals surface area contributed by atoms with Crippen LogP contribution in [0, 0.1) is 0 Å². The first-order valence-electron chi connectivity index (χ1n) is 4.96. The van der Waals surface area contributed by atoms with Gasteiger partial charge in [0.25, 0.3) is 0 Å². The average molecular weight is 230 g/mol. The molecule has 0 fully saturated rings. The molecular formula is C11H16ClNO2. The van der Waals surface area contributed by atoms with Crippen LogP contribution in [0.1, 0.15) is 18.9 Å². The van der Waals surface area contributed by atoms with Gasteiger partial charge in [0.15, 0.2) is 0 Å². The van der Waals surface area contributed by atoms with Crippen LogP contribution in [0.4, 0.5) is 0 Å². The highest BCUT2D eigenvalue weighted by molar-refractivity contribution is 6.31. The first-order valence-corrected chi connectivity index (χ1v) is 5.34. The third-order valence-electron chi connectivity index (χ3n) is 2.13. The van der Waals surface area contributed by atoms with E-state index in [4.69, 9.17) is 16.7 Å². The summed E-state index contributed by atoms with van der Waals surface area (Å²) in [6, 6.07) is 5.06. The van der Waals surface area contributed by atoms with Gasteiger partial charge in [-0.1, -0.05) is 17.7 Å². The molecule has 1 atom stereocenters. The Morgan fingerprint density at radius 1 is 1.47 bits per heavy atom. The molecule has 0 saturated carbocycles. The summed E-state index contributed by atoms with van der Waals surface area (Å²) in [6.45, 7) is 2.95. The van der Waals surface area contributed by atoms with Gasteiger partial charge in [-0.2, -0.15) is 0 Å². The van der Waals surface area contributed by atoms with Gasteiger partial charge >= 0.3 is 0 Å². The van der Waals surface area contributed by atoms with Crippen molar-refractivity contribution in [1.29, 1.82) is 0 Å². The fraction of sp³-hybridized carbons (Fsp3) is 0.455. The molecule has 0 aliphatic heterocycles. The number of aromatic hydroxyl groups is 1. The number of rotatable bonds is 5. The number of hydrogen-bond acceptors (Lipinski definition) is 3. The van der Waals surface area contributed by atoms with Crippen LogP contribution < -0.4 is 5.32 Å². The Hall–Kier alpha value is -0.770. The van der Waals surface area contributed by atoms with Crippen molar-refractivity contribution in [3.8, 4) is 5.75 Å². The zero-order chi connectivity index (χ0) is 11.3. The molecule has 0 radical (unpaired) electrons. The van der Waals surface area contributed by atoms with Gasteiger partial charge in [-0.25, -0.2) is 0 Å². The SMILES string of the molecule is C[C@H](O)CCNCc1c(O)cccc1Cl. The minimum Gasteiger partial charge on any atom is -0.508 e. The van der Waals surface area contributed by atoms with Crippen molar-refractivity contribution < 1.29 is 10.2 Å². The molecule has 0 heterocycles. The summed E-state index contributed by atoms with van der Waals surface area (Å²) in [5.41, 5.74) is 0.699. The summed E-state index contributed by atoms with van der Waals surface area (Å²) in [4.78, 5) is 0. The topological polar surface area (TPSA) is 52.5 Å². The molecule has 0 aliphatic rings. The van der Waals surface area contributed by atoms with E-state index >= 15 is 0 Å². The summed E-state index contributed by atoms with van der Waals surface area (Å²) < 4.78 is 0. The summed E-state index contributed by atoms with van der Waals surface area (Å²) in [5.74, 6) is 0.201. The predicted molar refractivity (Wildman–Crippen MR) is 61.1 cm³/mol. The number of nitrogens with one attached hydrogen (secondary N) is 1. The molecule has 0 saturated heterocycles. The Bertz CT molecular complexity index is 295. The van der Waals surface area contributed by atoms with Gasteiger partial charge in [-0.15, -0.1) is 0 Å². The molecule has 3 nitrogen and oxygen atoms in total. The zero-order valence-corrected chi connectivity index (χ0v) is 9.46. The second kappa shape index (κ2) is 5.95. The minimum atomic E-state index is -0.308. The van der Waals surface area contributed by atoms with Gasteiger partial charge < -0.3 is 15.5 Å². The van der Waals surface area contributed by atoms with Crippen LogP contribution in [0.15, 0.2) is 18.2 Å². The molecule has 1 aromatic rings. The Labute approximate surface area is 94.7 Å². The van der Waals surface area contributed by atoms with Gasteiger partial charge in [0.05, 0.1) is 6.10 Å². The van der Waals surface area contributed by atoms with Gasteiger partial charge in [0.1, 0.15) is 5.75 Å². The van der Waals surface area contributed by atoms with Crippen molar-refractivity contribution >= 4 is 11.6 Å². The second-order valence-corrected chi connectivity index (χ2v) is 3.96. The third-order valence-corrected chi connectivity index (χ3v) is 2.49. The van der Waals surface area contributed by atoms with Crippen molar-refractivity contribution in [2.75, 3.05) is 6.54 Å². The molecule has 15 heavy (non-hydrogen) atoms. The van der Waals surface area contributed by atoms with Crippen molar-refractivity contribution in [3.05, 3.63) is 28.8 Å². The largest absolute Gasteiger partial charge is 0.508 e. The van der Waals surface area contributed by atoms with E-state index < -0.39 is 0 Å². The predicted octanol–water partition coefficient (Wildman–Crippen LogP) is 1.91. The van der Waals surface area contributed by atoms with Crippen LogP contribution >= 0.6 is 11.6 Å². The molecule has 1 rings (SSSR count). The van der Waals surface area contributed by atoms with Crippen LogP contribution in [0.2, 0.25) is 5.02 Å². The average Bonchev–Trinajstić information content (AvgIpc) is 2.15. The Morgan fingerprint density at radius 3 is 2.80 bits per heavy atom. The highest BCUT2D eigenvalue weighted by Crippen LogP contribution is 2.24. The quantitative estimate of drug-likeness (QED) is 0.676. The molecule has 0 aliphatic carbocycles. The molecule has 0 aromatic heterocycles. The zero-order valence-electron chi connectivity index (χ0n) is 8.70. The Balaban J connectivity index is 2.43. The molecule has 0 amide bonds. The monoisotopic (exact) mass is 229 g/mol. The fourth-order valence-corrected chi connectivity index (χ4v) is 1.48. The fourth-order valence-electron chi connectivity index (χ4n) is 1.25. The number of aliphatic hydroxyl groups excluding tert-OH is 1. The lowest BCUT2D eigenvalue weighted by Gasteiger charge is -2.09. The maximum absolute atomic E-state index is 9.53. The number of halogens is 1. The lowest BCUT2D eigenvalue weighted by atomic mass is 10.2. The van der Waals surface area contributed by atoms with Crippen LogP contribution in [0.5, 0.6) is 5.75 Å². The smallest absolute Gasteiger partial charge is 0.121 e. The Kier molecular flexibility index (Phi) is 4.88. The van der Waals surface area contributed by atoms with E-state index in [0.717, 1.165) is 0 Å². The number of hydrogen-bond donors (Lipinski definition) is 3. The summed E-state index contributed by atoms with van der Waals surface area (Å²) in [6.07, 6.45) is 0.378. The third kappa shape index (κ3) is 4.08. The van der Waals surface area contributed by atoms with Crippen molar-refractivity contribution in [3.63, 3.8) is 0 Å². The lowest BCUT2D eigenvalue weighted by molar-refractivity contribution is 0.183. The normalized spacial score (nSPS) is 12.7. The van der Waals surface area contributed by atoms with Crippen LogP contribution in [0.25, 0.3) is 0 Å². The van der Waals surface area contributed by atoms with E-state index in [2.05, 4.69) is 5.32 Å². The van der Waals surface area contributed by atoms with Gasteiger partial charge in [0.2, 0.25) is 0 Å². The van der Waals surface area contributed by atoms with E-state index in [0.29, 0.717) is 30.1 Å². The summed E-state index contributed by atoms with van der Waals surface area (Å²) >= 11 is 5.92. The molecule has 0 bridgehead atoms. The Morgan fingerprint density at radius 2 is 2.20 bits per heavy atom. The lowest BCUT2D eigenvalue weighted by Crippen LogP contribution is -2.18. The van der Waals surface area contributed by atoms with E-state index in [1.54, 1.807) is 25.1 Å². The highest BCUT2D eigenvalue weighted by atomic mass is 35.5. The van der Waals surface area contributed by atoms with Crippen LogP contribution in [-0.2, 0) is 6.54 Å². The first-order chi connectivity index (χ1) is 7.11. The highest BCUT2D eigenvalue weighted by Gasteiger charge is 2.05. The van der Waals surface area contributed by atoms with E-state index in [-0.39, 0.29) is 11.9 Å². The number of phenolic OH excluding ortho intramolecular Hbond substituents is 1. The molecule has 4 heteroatoms. The maximum Gasteiger partial charge on any atom is 0.121 e. The first kappa shape index (κ1) is 12.3. The molecular weight excluding hydrogens is 214 g/mol. The second-order valence-electron chi connectivity index (χ2n) is 3.55. The van der Waals surface area contributed by atoms with Crippen LogP contribution in [0.3, 0.4) is 0 Å². The number of aliphatic hydroxyl groups is 1. The van der Waals surface area contributed by atoms with Crippen LogP contribution in [-0.4, -0.2) is 22.9 Å². The van der Waals surface area contributed by atoms with Crippen molar-refractivity contribution in [2.24, 2.45) is 0 Å². The minimum absolute atomic E-state index is 0.201. The molecule has 3 N–H and O–H groups in total. The van der Waals surface area contributed by atoms with E-state index in [1.165, 1.54) is 0 Å². The van der Waals surface area contributed by atoms with E-state index in [9.17, 15) is 5.11 Å². The summed E-state index contributed by atoms with van der Waals surface area (Å²) in [7, 11) is 0. The maximum atomic E-state index is 9.53. The molecule has 0 unspecified atom stereocenters. The number of benzene rings is 1. The standard InChI is InChI=1S/C11H16ClNO2/c1-8(14)5-6-13-7-9-10(12)3-2-4-11(9)15/h2-4,8,13-15H,5-7H2,1H3/t8-/m0/s1. The molecule has 1 aromatic carbocycles. The number of phenols is 1. The van der Waals surface area contributed by atoms with Crippen molar-refractivity contribution in [1.82, 2.24) is 5.32 Å². The van der Waals surface area contributed by atoms with Gasteiger partial charge in [-0.05, 0) is 32.0 Å². The van der Waals surface area contributed by atoms with E-state index in [1.807, 2.05) is 0 Å².